The number of benzene rings is 1. The van der Waals surface area contributed by atoms with Crippen molar-refractivity contribution in [3.8, 4) is 6.07 Å². The molecule has 2 nitrogen and oxygen atoms in total. The van der Waals surface area contributed by atoms with E-state index >= 15 is 0 Å². The summed E-state index contributed by atoms with van der Waals surface area (Å²) in [5.41, 5.74) is 4.08. The molecule has 0 atom stereocenters. The Hall–Kier alpha value is -1.22. The SMILES string of the molecule is N#Cc1cc(N)cc(C(F)(F)F)c1Br. The van der Waals surface area contributed by atoms with Gasteiger partial charge in [0.15, 0.2) is 0 Å². The Labute approximate surface area is 86.3 Å². The molecule has 0 aliphatic rings. The lowest BCUT2D eigenvalue weighted by Gasteiger charge is -2.10. The van der Waals surface area contributed by atoms with Crippen molar-refractivity contribution in [2.24, 2.45) is 0 Å². The van der Waals surface area contributed by atoms with Crippen LogP contribution in [0.4, 0.5) is 18.9 Å². The maximum Gasteiger partial charge on any atom is 0.417 e. The van der Waals surface area contributed by atoms with Gasteiger partial charge in [-0.05, 0) is 28.1 Å². The minimum absolute atomic E-state index is 0.0860. The number of hydrogen-bond donors (Lipinski definition) is 1. The standard InChI is InChI=1S/C8H4BrF3N2/c9-7-4(3-13)1-5(14)2-6(7)8(10,11)12/h1-2H,14H2. The van der Waals surface area contributed by atoms with E-state index in [2.05, 4.69) is 15.9 Å². The van der Waals surface area contributed by atoms with Crippen LogP contribution in [-0.4, -0.2) is 0 Å². The third-order valence-electron chi connectivity index (χ3n) is 1.52. The maximum absolute atomic E-state index is 12.4. The highest BCUT2D eigenvalue weighted by Crippen LogP contribution is 2.37. The molecule has 0 bridgehead atoms. The number of rotatable bonds is 0. The molecule has 0 saturated carbocycles. The summed E-state index contributed by atoms with van der Waals surface area (Å²) in [5, 5.41) is 8.53. The van der Waals surface area contributed by atoms with Gasteiger partial charge in [0.1, 0.15) is 6.07 Å². The van der Waals surface area contributed by atoms with Crippen LogP contribution < -0.4 is 5.73 Å². The third-order valence-corrected chi connectivity index (χ3v) is 2.38. The molecule has 0 saturated heterocycles. The summed E-state index contributed by atoms with van der Waals surface area (Å²) in [6, 6.07) is 3.58. The average Bonchev–Trinajstić information content (AvgIpc) is 2.06. The molecule has 0 spiro atoms. The van der Waals surface area contributed by atoms with Gasteiger partial charge in [0, 0.05) is 10.2 Å². The van der Waals surface area contributed by atoms with Gasteiger partial charge in [-0.25, -0.2) is 0 Å². The minimum atomic E-state index is -4.51. The topological polar surface area (TPSA) is 49.8 Å². The van der Waals surface area contributed by atoms with E-state index in [-0.39, 0.29) is 15.7 Å². The Morgan fingerprint density at radius 2 is 1.93 bits per heavy atom. The zero-order chi connectivity index (χ0) is 10.9. The lowest BCUT2D eigenvalue weighted by Crippen LogP contribution is -2.08. The first-order valence-corrected chi connectivity index (χ1v) is 4.22. The van der Waals surface area contributed by atoms with Gasteiger partial charge in [0.25, 0.3) is 0 Å². The van der Waals surface area contributed by atoms with E-state index in [1.165, 1.54) is 6.07 Å². The van der Waals surface area contributed by atoms with Crippen LogP contribution >= 0.6 is 15.9 Å². The van der Waals surface area contributed by atoms with Gasteiger partial charge < -0.3 is 5.73 Å². The molecule has 1 aromatic carbocycles. The molecule has 0 fully saturated rings. The summed E-state index contributed by atoms with van der Waals surface area (Å²) in [5.74, 6) is 0. The quantitative estimate of drug-likeness (QED) is 0.733. The van der Waals surface area contributed by atoms with Crippen molar-refractivity contribution in [3.63, 3.8) is 0 Å². The Kier molecular flexibility index (Phi) is 2.71. The van der Waals surface area contributed by atoms with Crippen LogP contribution in [0.25, 0.3) is 0 Å². The van der Waals surface area contributed by atoms with Crippen molar-refractivity contribution in [2.45, 2.75) is 6.18 Å². The summed E-state index contributed by atoms with van der Waals surface area (Å²) in [6.07, 6.45) is -4.51. The molecule has 14 heavy (non-hydrogen) atoms. The summed E-state index contributed by atoms with van der Waals surface area (Å²) >= 11 is 2.71. The van der Waals surface area contributed by atoms with Crippen molar-refractivity contribution in [2.75, 3.05) is 5.73 Å². The number of hydrogen-bond acceptors (Lipinski definition) is 2. The van der Waals surface area contributed by atoms with Gasteiger partial charge in [-0.15, -0.1) is 0 Å². The van der Waals surface area contributed by atoms with Crippen LogP contribution in [0.15, 0.2) is 16.6 Å². The van der Waals surface area contributed by atoms with E-state index in [0.29, 0.717) is 0 Å². The molecule has 0 amide bonds. The van der Waals surface area contributed by atoms with Crippen LogP contribution in [0.5, 0.6) is 0 Å². The van der Waals surface area contributed by atoms with Crippen LogP contribution in [0.2, 0.25) is 0 Å². The van der Waals surface area contributed by atoms with Gasteiger partial charge in [-0.1, -0.05) is 0 Å². The van der Waals surface area contributed by atoms with E-state index in [0.717, 1.165) is 6.07 Å². The van der Waals surface area contributed by atoms with E-state index < -0.39 is 11.7 Å². The normalized spacial score (nSPS) is 11.1. The van der Waals surface area contributed by atoms with Crippen molar-refractivity contribution in [1.29, 1.82) is 5.26 Å². The molecule has 0 aliphatic carbocycles. The molecule has 74 valence electrons. The number of nitrogen functional groups attached to an aromatic ring is 1. The predicted molar refractivity (Wildman–Crippen MR) is 48.3 cm³/mol. The van der Waals surface area contributed by atoms with E-state index in [9.17, 15) is 13.2 Å². The Morgan fingerprint density at radius 1 is 1.36 bits per heavy atom. The second-order valence-electron chi connectivity index (χ2n) is 2.54. The number of nitrogens with two attached hydrogens (primary N) is 1. The van der Waals surface area contributed by atoms with Crippen LogP contribution in [0.3, 0.4) is 0 Å². The molecular weight excluding hydrogens is 261 g/mol. The van der Waals surface area contributed by atoms with Crippen LogP contribution in [-0.2, 0) is 6.18 Å². The van der Waals surface area contributed by atoms with E-state index in [1.54, 1.807) is 6.07 Å². The Bertz CT molecular complexity index is 406. The number of halogens is 4. The molecule has 0 unspecified atom stereocenters. The first-order valence-electron chi connectivity index (χ1n) is 3.42. The van der Waals surface area contributed by atoms with E-state index in [1.807, 2.05) is 0 Å². The molecule has 1 aromatic rings. The molecule has 6 heteroatoms. The summed E-state index contributed by atoms with van der Waals surface area (Å²) in [6.45, 7) is 0. The molecule has 1 rings (SSSR count). The minimum Gasteiger partial charge on any atom is -0.399 e. The molecule has 0 heterocycles. The molecule has 0 radical (unpaired) electrons. The maximum atomic E-state index is 12.4. The Morgan fingerprint density at radius 3 is 2.36 bits per heavy atom. The van der Waals surface area contributed by atoms with Gasteiger partial charge in [0.2, 0.25) is 0 Å². The lowest BCUT2D eigenvalue weighted by atomic mass is 10.1. The first-order chi connectivity index (χ1) is 6.36. The van der Waals surface area contributed by atoms with Gasteiger partial charge >= 0.3 is 6.18 Å². The fourth-order valence-electron chi connectivity index (χ4n) is 0.934. The number of nitrogens with zero attached hydrogens (tertiary/aromatic N) is 1. The highest BCUT2D eigenvalue weighted by molar-refractivity contribution is 9.10. The smallest absolute Gasteiger partial charge is 0.399 e. The molecule has 2 N–H and O–H groups in total. The highest BCUT2D eigenvalue weighted by atomic mass is 79.9. The third kappa shape index (κ3) is 1.99. The van der Waals surface area contributed by atoms with E-state index in [4.69, 9.17) is 11.0 Å². The summed E-state index contributed by atoms with van der Waals surface area (Å²) in [4.78, 5) is 0. The molecular formula is C8H4BrF3N2. The summed E-state index contributed by atoms with van der Waals surface area (Å²) < 4.78 is 36.8. The molecule has 0 aromatic heterocycles. The zero-order valence-corrected chi connectivity index (χ0v) is 8.28. The second-order valence-corrected chi connectivity index (χ2v) is 3.33. The first kappa shape index (κ1) is 10.9. The zero-order valence-electron chi connectivity index (χ0n) is 6.69. The highest BCUT2D eigenvalue weighted by Gasteiger charge is 2.34. The average molecular weight is 265 g/mol. The van der Waals surface area contributed by atoms with Gasteiger partial charge in [0.05, 0.1) is 11.1 Å². The lowest BCUT2D eigenvalue weighted by molar-refractivity contribution is -0.138. The number of anilines is 1. The fourth-order valence-corrected chi connectivity index (χ4v) is 1.48. The van der Waals surface area contributed by atoms with Crippen molar-refractivity contribution in [1.82, 2.24) is 0 Å². The Balaban J connectivity index is 3.47. The van der Waals surface area contributed by atoms with Crippen molar-refractivity contribution in [3.05, 3.63) is 27.7 Å². The predicted octanol–water partition coefficient (Wildman–Crippen LogP) is 2.92. The van der Waals surface area contributed by atoms with Crippen LogP contribution in [0, 0.1) is 11.3 Å². The monoisotopic (exact) mass is 264 g/mol. The molecule has 0 aliphatic heterocycles. The number of alkyl halides is 3. The van der Waals surface area contributed by atoms with Crippen LogP contribution in [0.1, 0.15) is 11.1 Å². The second kappa shape index (κ2) is 3.50. The van der Waals surface area contributed by atoms with Gasteiger partial charge in [-0.3, -0.25) is 0 Å². The fraction of sp³-hybridized carbons (Fsp3) is 0.125. The summed E-state index contributed by atoms with van der Waals surface area (Å²) in [7, 11) is 0. The largest absolute Gasteiger partial charge is 0.417 e. The van der Waals surface area contributed by atoms with Crippen molar-refractivity contribution < 1.29 is 13.2 Å². The number of nitriles is 1. The van der Waals surface area contributed by atoms with Gasteiger partial charge in [-0.2, -0.15) is 18.4 Å². The van der Waals surface area contributed by atoms with Crippen molar-refractivity contribution >= 4 is 21.6 Å².